The maximum Gasteiger partial charge on any atom is 0.320 e. The van der Waals surface area contributed by atoms with Crippen LogP contribution in [0.15, 0.2) is 0 Å². The minimum Gasteiger partial charge on any atom is -0.465 e. The summed E-state index contributed by atoms with van der Waals surface area (Å²) < 4.78 is 10.5. The average Bonchev–Trinajstić information content (AvgIpc) is 3.11. The van der Waals surface area contributed by atoms with E-state index in [0.717, 1.165) is 6.54 Å². The number of ether oxygens (including phenoxy) is 2. The van der Waals surface area contributed by atoms with Gasteiger partial charge in [-0.05, 0) is 26.7 Å². The highest BCUT2D eigenvalue weighted by molar-refractivity contribution is 5.71. The molecule has 0 amide bonds. The summed E-state index contributed by atoms with van der Waals surface area (Å²) in [5.41, 5.74) is 5.47. The Kier molecular flexibility index (Phi) is 6.47. The van der Waals surface area contributed by atoms with Gasteiger partial charge in [-0.1, -0.05) is 0 Å². The highest BCUT2D eigenvalue weighted by atomic mass is 16.5. The molecular weight excluding hydrogens is 220 g/mol. The number of nitrogens with zero attached hydrogens (tertiary/aromatic N) is 1. The molecule has 0 aromatic rings. The van der Waals surface area contributed by atoms with E-state index in [1.165, 1.54) is 12.8 Å². The third-order valence-corrected chi connectivity index (χ3v) is 2.81. The van der Waals surface area contributed by atoms with Gasteiger partial charge in [0.05, 0.1) is 25.9 Å². The fourth-order valence-corrected chi connectivity index (χ4v) is 1.64. The Bertz CT molecular complexity index is 232. The van der Waals surface area contributed by atoms with Gasteiger partial charge in [-0.15, -0.1) is 0 Å². The Morgan fingerprint density at radius 2 is 2.24 bits per heavy atom. The van der Waals surface area contributed by atoms with Crippen molar-refractivity contribution in [2.75, 3.05) is 32.8 Å². The standard InChI is InChI=1S/C12H24N2O3/c1-3-16-12(15)9-14(11-4-5-11)6-7-17-10(2)8-13/h10-11H,3-9,13H2,1-2H3. The Morgan fingerprint density at radius 3 is 2.76 bits per heavy atom. The van der Waals surface area contributed by atoms with Crippen LogP contribution in [-0.4, -0.2) is 55.9 Å². The molecule has 1 saturated carbocycles. The molecule has 0 heterocycles. The molecule has 0 spiro atoms. The average molecular weight is 244 g/mol. The summed E-state index contributed by atoms with van der Waals surface area (Å²) in [5.74, 6) is -0.147. The number of rotatable bonds is 9. The maximum absolute atomic E-state index is 11.4. The predicted molar refractivity (Wildman–Crippen MR) is 65.7 cm³/mol. The first kappa shape index (κ1) is 14.4. The van der Waals surface area contributed by atoms with Crippen LogP contribution in [0.4, 0.5) is 0 Å². The van der Waals surface area contributed by atoms with Crippen LogP contribution in [0.25, 0.3) is 0 Å². The van der Waals surface area contributed by atoms with Crippen molar-refractivity contribution in [3.05, 3.63) is 0 Å². The molecule has 0 saturated heterocycles. The van der Waals surface area contributed by atoms with Gasteiger partial charge in [-0.25, -0.2) is 0 Å². The maximum atomic E-state index is 11.4. The number of carbonyl (C=O) groups excluding carboxylic acids is 1. The normalized spacial score (nSPS) is 17.2. The van der Waals surface area contributed by atoms with E-state index in [1.54, 1.807) is 0 Å². The molecule has 5 nitrogen and oxygen atoms in total. The summed E-state index contributed by atoms with van der Waals surface area (Å²) >= 11 is 0. The molecule has 2 N–H and O–H groups in total. The van der Waals surface area contributed by atoms with Gasteiger partial charge in [0, 0.05) is 19.1 Å². The molecule has 0 aromatic heterocycles. The van der Waals surface area contributed by atoms with Crippen LogP contribution in [0, 0.1) is 0 Å². The Hall–Kier alpha value is -0.650. The monoisotopic (exact) mass is 244 g/mol. The zero-order valence-electron chi connectivity index (χ0n) is 10.9. The van der Waals surface area contributed by atoms with E-state index in [2.05, 4.69) is 4.90 Å². The van der Waals surface area contributed by atoms with Crippen LogP contribution in [0.5, 0.6) is 0 Å². The summed E-state index contributed by atoms with van der Waals surface area (Å²) in [7, 11) is 0. The SMILES string of the molecule is CCOC(=O)CN(CCOC(C)CN)C1CC1. The first-order valence-electron chi connectivity index (χ1n) is 6.38. The second-order valence-electron chi connectivity index (χ2n) is 4.42. The van der Waals surface area contributed by atoms with E-state index in [-0.39, 0.29) is 12.1 Å². The van der Waals surface area contributed by atoms with Gasteiger partial charge in [-0.3, -0.25) is 9.69 Å². The van der Waals surface area contributed by atoms with Gasteiger partial charge in [0.25, 0.3) is 0 Å². The minimum absolute atomic E-state index is 0.0821. The molecule has 1 fully saturated rings. The first-order chi connectivity index (χ1) is 8.17. The summed E-state index contributed by atoms with van der Waals surface area (Å²) in [4.78, 5) is 13.6. The molecule has 17 heavy (non-hydrogen) atoms. The third kappa shape index (κ3) is 6.00. The lowest BCUT2D eigenvalue weighted by Gasteiger charge is -2.21. The third-order valence-electron chi connectivity index (χ3n) is 2.81. The van der Waals surface area contributed by atoms with Crippen molar-refractivity contribution in [1.82, 2.24) is 4.90 Å². The van der Waals surface area contributed by atoms with Crippen molar-refractivity contribution in [2.24, 2.45) is 5.73 Å². The smallest absolute Gasteiger partial charge is 0.320 e. The number of hydrogen-bond acceptors (Lipinski definition) is 5. The first-order valence-corrected chi connectivity index (χ1v) is 6.38. The zero-order valence-corrected chi connectivity index (χ0v) is 10.9. The number of nitrogens with two attached hydrogens (primary N) is 1. The van der Waals surface area contributed by atoms with Crippen LogP contribution in [0.2, 0.25) is 0 Å². The molecule has 0 bridgehead atoms. The Balaban J connectivity index is 2.21. The highest BCUT2D eigenvalue weighted by Gasteiger charge is 2.30. The minimum atomic E-state index is -0.147. The highest BCUT2D eigenvalue weighted by Crippen LogP contribution is 2.26. The van der Waals surface area contributed by atoms with E-state index >= 15 is 0 Å². The molecule has 1 aliphatic rings. The van der Waals surface area contributed by atoms with Gasteiger partial charge in [0.1, 0.15) is 0 Å². The fourth-order valence-electron chi connectivity index (χ4n) is 1.64. The molecule has 0 aromatic carbocycles. The Morgan fingerprint density at radius 1 is 1.53 bits per heavy atom. The second-order valence-corrected chi connectivity index (χ2v) is 4.42. The van der Waals surface area contributed by atoms with E-state index < -0.39 is 0 Å². The Labute approximate surface area is 103 Å². The lowest BCUT2D eigenvalue weighted by atomic mass is 10.4. The van der Waals surface area contributed by atoms with Crippen LogP contribution in [0.3, 0.4) is 0 Å². The molecule has 0 radical (unpaired) electrons. The van der Waals surface area contributed by atoms with Gasteiger partial charge < -0.3 is 15.2 Å². The molecule has 1 rings (SSSR count). The zero-order chi connectivity index (χ0) is 12.7. The van der Waals surface area contributed by atoms with E-state index in [4.69, 9.17) is 15.2 Å². The number of esters is 1. The molecule has 100 valence electrons. The topological polar surface area (TPSA) is 64.8 Å². The van der Waals surface area contributed by atoms with Crippen LogP contribution >= 0.6 is 0 Å². The van der Waals surface area contributed by atoms with Crippen molar-refractivity contribution >= 4 is 5.97 Å². The fraction of sp³-hybridized carbons (Fsp3) is 0.917. The molecule has 5 heteroatoms. The molecule has 0 aliphatic heterocycles. The van der Waals surface area contributed by atoms with E-state index in [0.29, 0.717) is 32.3 Å². The van der Waals surface area contributed by atoms with Gasteiger partial charge in [0.15, 0.2) is 0 Å². The van der Waals surface area contributed by atoms with Gasteiger partial charge in [-0.2, -0.15) is 0 Å². The molecule has 1 unspecified atom stereocenters. The second kappa shape index (κ2) is 7.63. The van der Waals surface area contributed by atoms with E-state index in [9.17, 15) is 4.79 Å². The molecular formula is C12H24N2O3. The van der Waals surface area contributed by atoms with Crippen molar-refractivity contribution in [3.63, 3.8) is 0 Å². The summed E-state index contributed by atoms with van der Waals surface area (Å²) in [6.45, 7) is 6.51. The number of carbonyl (C=O) groups is 1. The molecule has 1 atom stereocenters. The summed E-state index contributed by atoms with van der Waals surface area (Å²) in [6, 6.07) is 0.538. The summed E-state index contributed by atoms with van der Waals surface area (Å²) in [5, 5.41) is 0. The van der Waals surface area contributed by atoms with E-state index in [1.807, 2.05) is 13.8 Å². The lowest BCUT2D eigenvalue weighted by Crippen LogP contribution is -2.36. The van der Waals surface area contributed by atoms with Crippen molar-refractivity contribution in [2.45, 2.75) is 38.8 Å². The largest absolute Gasteiger partial charge is 0.465 e. The van der Waals surface area contributed by atoms with Crippen LogP contribution in [-0.2, 0) is 14.3 Å². The molecule has 1 aliphatic carbocycles. The quantitative estimate of drug-likeness (QED) is 0.594. The predicted octanol–water partition coefficient (Wildman–Crippen LogP) is 0.378. The van der Waals surface area contributed by atoms with Gasteiger partial charge in [0.2, 0.25) is 0 Å². The van der Waals surface area contributed by atoms with Gasteiger partial charge >= 0.3 is 5.97 Å². The lowest BCUT2D eigenvalue weighted by molar-refractivity contribution is -0.144. The van der Waals surface area contributed by atoms with Crippen LogP contribution < -0.4 is 5.73 Å². The van der Waals surface area contributed by atoms with Crippen molar-refractivity contribution < 1.29 is 14.3 Å². The van der Waals surface area contributed by atoms with Crippen LogP contribution in [0.1, 0.15) is 26.7 Å². The number of hydrogen-bond donors (Lipinski definition) is 1. The van der Waals surface area contributed by atoms with Crippen molar-refractivity contribution in [1.29, 1.82) is 0 Å². The summed E-state index contributed by atoms with van der Waals surface area (Å²) in [6.07, 6.45) is 2.43. The van der Waals surface area contributed by atoms with Crippen molar-refractivity contribution in [3.8, 4) is 0 Å².